The maximum absolute atomic E-state index is 10.1. The third-order valence-electron chi connectivity index (χ3n) is 1.36. The number of esters is 1. The first-order chi connectivity index (χ1) is 6.24. The van der Waals surface area contributed by atoms with Crippen molar-refractivity contribution >= 4 is 5.97 Å². The van der Waals surface area contributed by atoms with Crippen molar-refractivity contribution in [2.75, 3.05) is 19.8 Å². The van der Waals surface area contributed by atoms with Crippen molar-refractivity contribution in [3.8, 4) is 0 Å². The zero-order chi connectivity index (χ0) is 10.1. The van der Waals surface area contributed by atoms with Crippen LogP contribution in [-0.2, 0) is 14.3 Å². The van der Waals surface area contributed by atoms with Crippen LogP contribution in [0.15, 0.2) is 12.7 Å². The quantitative estimate of drug-likeness (QED) is 0.396. The van der Waals surface area contributed by atoms with Crippen molar-refractivity contribution in [1.82, 2.24) is 0 Å². The molecule has 1 rings (SSSR count). The predicted octanol–water partition coefficient (Wildman–Crippen LogP) is 0.503. The van der Waals surface area contributed by atoms with E-state index in [-0.39, 0.29) is 13.2 Å². The van der Waals surface area contributed by atoms with E-state index in [4.69, 9.17) is 9.84 Å². The summed E-state index contributed by atoms with van der Waals surface area (Å²) in [5, 5.41) is 8.10. The van der Waals surface area contributed by atoms with Gasteiger partial charge in [0.25, 0.3) is 0 Å². The Bertz CT molecular complexity index is 152. The lowest BCUT2D eigenvalue weighted by Gasteiger charge is -1.94. The summed E-state index contributed by atoms with van der Waals surface area (Å²) in [6, 6.07) is 0. The second kappa shape index (κ2) is 7.76. The standard InChI is InChI=1S/C5H8O3.C4H8O/c1-2-5(7)8-4-3-6;1-2-4-3-5-4/h2,6H,1,3-4H2;4H,2-3H2,1H3. The molecule has 0 aromatic heterocycles. The van der Waals surface area contributed by atoms with Crippen molar-refractivity contribution in [2.45, 2.75) is 19.4 Å². The number of ether oxygens (including phenoxy) is 2. The molecular formula is C9H16O4. The van der Waals surface area contributed by atoms with E-state index < -0.39 is 5.97 Å². The minimum atomic E-state index is -0.501. The molecule has 1 fully saturated rings. The summed E-state index contributed by atoms with van der Waals surface area (Å²) >= 11 is 0. The zero-order valence-corrected chi connectivity index (χ0v) is 7.86. The number of carbonyl (C=O) groups excluding carboxylic acids is 1. The summed E-state index contributed by atoms with van der Waals surface area (Å²) in [5.74, 6) is -0.501. The van der Waals surface area contributed by atoms with Crippen LogP contribution in [0.1, 0.15) is 13.3 Å². The lowest BCUT2D eigenvalue weighted by molar-refractivity contribution is -0.138. The lowest BCUT2D eigenvalue weighted by atomic mass is 10.4. The first-order valence-corrected chi connectivity index (χ1v) is 4.26. The normalized spacial score (nSPS) is 18.2. The molecule has 0 saturated carbocycles. The molecule has 0 bridgehead atoms. The zero-order valence-electron chi connectivity index (χ0n) is 7.86. The molecule has 0 spiro atoms. The second-order valence-electron chi connectivity index (χ2n) is 2.46. The van der Waals surface area contributed by atoms with E-state index in [1.54, 1.807) is 0 Å². The Morgan fingerprint density at radius 2 is 2.46 bits per heavy atom. The van der Waals surface area contributed by atoms with Crippen LogP contribution < -0.4 is 0 Å². The molecule has 1 aliphatic heterocycles. The van der Waals surface area contributed by atoms with Gasteiger partial charge in [0.15, 0.2) is 0 Å². The van der Waals surface area contributed by atoms with Crippen LogP contribution in [0.3, 0.4) is 0 Å². The molecule has 76 valence electrons. The number of carbonyl (C=O) groups is 1. The molecule has 4 nitrogen and oxygen atoms in total. The highest BCUT2D eigenvalue weighted by molar-refractivity contribution is 5.81. The Kier molecular flexibility index (Phi) is 7.24. The number of aliphatic hydroxyl groups excluding tert-OH is 1. The lowest BCUT2D eigenvalue weighted by Crippen LogP contribution is -2.04. The Balaban J connectivity index is 0.000000243. The van der Waals surface area contributed by atoms with E-state index in [1.807, 2.05) is 0 Å². The maximum atomic E-state index is 10.1. The molecule has 0 radical (unpaired) electrons. The summed E-state index contributed by atoms with van der Waals surface area (Å²) in [5.41, 5.74) is 0. The molecule has 4 heteroatoms. The van der Waals surface area contributed by atoms with Crippen LogP contribution in [-0.4, -0.2) is 37.0 Å². The van der Waals surface area contributed by atoms with Gasteiger partial charge in [-0.2, -0.15) is 0 Å². The summed E-state index contributed by atoms with van der Waals surface area (Å²) < 4.78 is 9.19. The van der Waals surface area contributed by atoms with E-state index in [9.17, 15) is 4.79 Å². The Morgan fingerprint density at radius 3 is 2.69 bits per heavy atom. The van der Waals surface area contributed by atoms with Crippen LogP contribution in [0, 0.1) is 0 Å². The van der Waals surface area contributed by atoms with Gasteiger partial charge in [-0.05, 0) is 6.42 Å². The van der Waals surface area contributed by atoms with Gasteiger partial charge in [0.2, 0.25) is 0 Å². The smallest absolute Gasteiger partial charge is 0.330 e. The van der Waals surface area contributed by atoms with E-state index >= 15 is 0 Å². The van der Waals surface area contributed by atoms with Crippen molar-refractivity contribution in [2.24, 2.45) is 0 Å². The van der Waals surface area contributed by atoms with Crippen LogP contribution in [0.2, 0.25) is 0 Å². The topological polar surface area (TPSA) is 59.1 Å². The average Bonchev–Trinajstić information content (AvgIpc) is 2.98. The monoisotopic (exact) mass is 188 g/mol. The summed E-state index contributed by atoms with van der Waals surface area (Å²) in [7, 11) is 0. The van der Waals surface area contributed by atoms with Gasteiger partial charge in [-0.3, -0.25) is 0 Å². The predicted molar refractivity (Wildman–Crippen MR) is 48.3 cm³/mol. The maximum Gasteiger partial charge on any atom is 0.330 e. The second-order valence-corrected chi connectivity index (χ2v) is 2.46. The molecule has 13 heavy (non-hydrogen) atoms. The fourth-order valence-corrected chi connectivity index (χ4v) is 0.509. The Morgan fingerprint density at radius 1 is 1.85 bits per heavy atom. The molecule has 0 aromatic rings. The third-order valence-corrected chi connectivity index (χ3v) is 1.36. The number of aliphatic hydroxyl groups is 1. The van der Waals surface area contributed by atoms with Gasteiger partial charge in [0, 0.05) is 6.08 Å². The average molecular weight is 188 g/mol. The summed E-state index contributed by atoms with van der Waals surface area (Å²) in [4.78, 5) is 10.1. The first-order valence-electron chi connectivity index (χ1n) is 4.26. The van der Waals surface area contributed by atoms with Crippen molar-refractivity contribution in [3.63, 3.8) is 0 Å². The van der Waals surface area contributed by atoms with Gasteiger partial charge in [0.05, 0.1) is 19.3 Å². The molecule has 1 N–H and O–H groups in total. The van der Waals surface area contributed by atoms with Crippen LogP contribution in [0.5, 0.6) is 0 Å². The minimum absolute atomic E-state index is 0.0465. The first kappa shape index (κ1) is 12.1. The number of hydrogen-bond donors (Lipinski definition) is 1. The number of hydrogen-bond acceptors (Lipinski definition) is 4. The number of rotatable bonds is 4. The van der Waals surface area contributed by atoms with Crippen molar-refractivity contribution in [1.29, 1.82) is 0 Å². The largest absolute Gasteiger partial charge is 0.460 e. The van der Waals surface area contributed by atoms with E-state index in [2.05, 4.69) is 18.2 Å². The van der Waals surface area contributed by atoms with Gasteiger partial charge in [-0.1, -0.05) is 13.5 Å². The molecule has 1 saturated heterocycles. The Hall–Kier alpha value is -0.870. The fourth-order valence-electron chi connectivity index (χ4n) is 0.509. The van der Waals surface area contributed by atoms with Crippen LogP contribution in [0.25, 0.3) is 0 Å². The van der Waals surface area contributed by atoms with Crippen molar-refractivity contribution in [3.05, 3.63) is 12.7 Å². The van der Waals surface area contributed by atoms with E-state index in [1.165, 1.54) is 6.42 Å². The fraction of sp³-hybridized carbons (Fsp3) is 0.667. The van der Waals surface area contributed by atoms with Gasteiger partial charge in [0.1, 0.15) is 6.61 Å². The van der Waals surface area contributed by atoms with Gasteiger partial charge < -0.3 is 14.6 Å². The summed E-state index contributed by atoms with van der Waals surface area (Å²) in [6.45, 7) is 6.21. The number of epoxide rings is 1. The molecule has 0 aromatic carbocycles. The molecule has 1 atom stereocenters. The van der Waals surface area contributed by atoms with Gasteiger partial charge in [-0.25, -0.2) is 4.79 Å². The molecule has 0 amide bonds. The van der Waals surface area contributed by atoms with Crippen LogP contribution in [0.4, 0.5) is 0 Å². The van der Waals surface area contributed by atoms with E-state index in [0.717, 1.165) is 12.7 Å². The van der Waals surface area contributed by atoms with E-state index in [0.29, 0.717) is 6.10 Å². The van der Waals surface area contributed by atoms with Gasteiger partial charge >= 0.3 is 5.97 Å². The highest BCUT2D eigenvalue weighted by Crippen LogP contribution is 2.10. The van der Waals surface area contributed by atoms with Gasteiger partial charge in [-0.15, -0.1) is 0 Å². The highest BCUT2D eigenvalue weighted by Gasteiger charge is 2.18. The van der Waals surface area contributed by atoms with Crippen LogP contribution >= 0.6 is 0 Å². The molecule has 1 aliphatic rings. The Labute approximate surface area is 78.2 Å². The molecular weight excluding hydrogens is 172 g/mol. The summed E-state index contributed by atoms with van der Waals surface area (Å²) in [6.07, 6.45) is 2.88. The minimum Gasteiger partial charge on any atom is -0.460 e. The molecule has 1 heterocycles. The van der Waals surface area contributed by atoms with Crippen molar-refractivity contribution < 1.29 is 19.4 Å². The highest BCUT2D eigenvalue weighted by atomic mass is 16.6. The molecule has 0 aliphatic carbocycles. The third kappa shape index (κ3) is 9.04. The SMILES string of the molecule is C=CC(=O)OCCO.CCC1CO1. The molecule has 1 unspecified atom stereocenters.